The van der Waals surface area contributed by atoms with Crippen molar-refractivity contribution in [1.82, 2.24) is 10.6 Å². The lowest BCUT2D eigenvalue weighted by Crippen LogP contribution is -2.49. The molecule has 2 N–H and O–H groups in total. The summed E-state index contributed by atoms with van der Waals surface area (Å²) in [4.78, 5) is 7.23. The van der Waals surface area contributed by atoms with Gasteiger partial charge in [0.2, 0.25) is 0 Å². The minimum Gasteiger partial charge on any atom is -0.469 e. The van der Waals surface area contributed by atoms with Gasteiger partial charge in [-0.15, -0.1) is 35.3 Å². The maximum absolute atomic E-state index is 5.41. The first-order valence-corrected chi connectivity index (χ1v) is 10.6. The minimum atomic E-state index is 0. The fourth-order valence-electron chi connectivity index (χ4n) is 3.15. The predicted octanol–water partition coefficient (Wildman–Crippen LogP) is 4.51. The number of nitrogens with zero attached hydrogens (tertiary/aromatic N) is 2. The molecule has 3 heterocycles. The lowest BCUT2D eigenvalue weighted by Gasteiger charge is -2.33. The van der Waals surface area contributed by atoms with Crippen LogP contribution in [0.1, 0.15) is 38.4 Å². The summed E-state index contributed by atoms with van der Waals surface area (Å²) in [5.74, 6) is 1.95. The number of aliphatic imine (C=N–C) groups is 1. The number of hydrogen-bond acceptors (Lipinski definition) is 4. The first kappa shape index (κ1) is 22.1. The van der Waals surface area contributed by atoms with Crippen LogP contribution in [-0.4, -0.2) is 38.2 Å². The van der Waals surface area contributed by atoms with E-state index in [2.05, 4.69) is 40.0 Å². The maximum atomic E-state index is 5.41. The molecule has 0 radical (unpaired) electrons. The molecule has 2 aromatic rings. The van der Waals surface area contributed by atoms with E-state index in [-0.39, 0.29) is 24.0 Å². The monoisotopic (exact) mass is 502 g/mol. The Hall–Kier alpha value is -1.22. The van der Waals surface area contributed by atoms with Gasteiger partial charge >= 0.3 is 0 Å². The first-order chi connectivity index (χ1) is 12.8. The molecule has 1 aliphatic rings. The smallest absolute Gasteiger partial charge is 0.191 e. The number of thiophene rings is 1. The summed E-state index contributed by atoms with van der Waals surface area (Å²) in [5, 5.41) is 10.7. The van der Waals surface area contributed by atoms with Gasteiger partial charge in [0.25, 0.3) is 0 Å². The zero-order valence-corrected chi connectivity index (χ0v) is 19.2. The highest BCUT2D eigenvalue weighted by atomic mass is 127. The Morgan fingerprint density at radius 3 is 2.81 bits per heavy atom. The molecule has 1 aliphatic heterocycles. The number of unbranched alkanes of at least 4 members (excludes halogenated alkanes) is 1. The van der Waals surface area contributed by atoms with E-state index < -0.39 is 0 Å². The number of halogens is 1. The zero-order chi connectivity index (χ0) is 18.0. The maximum Gasteiger partial charge on any atom is 0.191 e. The van der Waals surface area contributed by atoms with Crippen LogP contribution in [0, 0.1) is 0 Å². The van der Waals surface area contributed by atoms with E-state index in [1.807, 2.05) is 23.5 Å². The normalized spacial score (nSPS) is 15.4. The molecule has 3 rings (SSSR count). The number of piperidine rings is 1. The Kier molecular flexibility index (Phi) is 10.0. The molecule has 27 heavy (non-hydrogen) atoms. The van der Waals surface area contributed by atoms with Crippen LogP contribution in [0.25, 0.3) is 0 Å². The van der Waals surface area contributed by atoms with E-state index in [9.17, 15) is 0 Å². The van der Waals surface area contributed by atoms with Crippen LogP contribution in [0.2, 0.25) is 0 Å². The van der Waals surface area contributed by atoms with Crippen LogP contribution in [0.3, 0.4) is 0 Å². The highest BCUT2D eigenvalue weighted by molar-refractivity contribution is 14.0. The van der Waals surface area contributed by atoms with Crippen molar-refractivity contribution in [3.8, 4) is 0 Å². The third kappa shape index (κ3) is 7.37. The molecular formula is C20H31IN4OS. The third-order valence-electron chi connectivity index (χ3n) is 4.68. The van der Waals surface area contributed by atoms with Crippen molar-refractivity contribution in [1.29, 1.82) is 0 Å². The van der Waals surface area contributed by atoms with Crippen LogP contribution < -0.4 is 15.5 Å². The summed E-state index contributed by atoms with van der Waals surface area (Å²) in [6.45, 7) is 6.12. The highest BCUT2D eigenvalue weighted by Gasteiger charge is 2.20. The van der Waals surface area contributed by atoms with Crippen molar-refractivity contribution >= 4 is 46.3 Å². The van der Waals surface area contributed by atoms with E-state index in [1.54, 1.807) is 6.26 Å². The van der Waals surface area contributed by atoms with Gasteiger partial charge in [0.05, 0.1) is 11.3 Å². The standard InChI is InChI=1S/C20H30N4OS.HI/c1-2-3-11-21-20(22-12-8-18-6-4-15-25-18)23-17-9-13-24(14-10-17)19-7-5-16-26-19;/h4-7,15-17H,2-3,8-14H2,1H3,(H2,21,22,23);1H. The van der Waals surface area contributed by atoms with Crippen LogP contribution in [0.15, 0.2) is 45.3 Å². The Morgan fingerprint density at radius 2 is 2.15 bits per heavy atom. The van der Waals surface area contributed by atoms with Gasteiger partial charge in [-0.2, -0.15) is 0 Å². The van der Waals surface area contributed by atoms with Crippen molar-refractivity contribution in [2.24, 2.45) is 4.99 Å². The van der Waals surface area contributed by atoms with Crippen LogP contribution in [-0.2, 0) is 6.42 Å². The Morgan fingerprint density at radius 1 is 1.30 bits per heavy atom. The molecule has 7 heteroatoms. The van der Waals surface area contributed by atoms with Crippen LogP contribution >= 0.6 is 35.3 Å². The van der Waals surface area contributed by atoms with Gasteiger partial charge in [-0.25, -0.2) is 0 Å². The molecule has 1 fully saturated rings. The topological polar surface area (TPSA) is 52.8 Å². The summed E-state index contributed by atoms with van der Waals surface area (Å²) in [6.07, 6.45) is 7.18. The zero-order valence-electron chi connectivity index (χ0n) is 16.0. The molecular weight excluding hydrogens is 471 g/mol. The average Bonchev–Trinajstić information content (AvgIpc) is 3.36. The molecule has 0 amide bonds. The molecule has 150 valence electrons. The van der Waals surface area contributed by atoms with Crippen molar-refractivity contribution < 1.29 is 4.42 Å². The van der Waals surface area contributed by atoms with Gasteiger partial charge in [0.1, 0.15) is 5.76 Å². The highest BCUT2D eigenvalue weighted by Crippen LogP contribution is 2.24. The summed E-state index contributed by atoms with van der Waals surface area (Å²) in [6, 6.07) is 8.79. The predicted molar refractivity (Wildman–Crippen MR) is 126 cm³/mol. The second-order valence-corrected chi connectivity index (χ2v) is 7.62. The fraction of sp³-hybridized carbons (Fsp3) is 0.550. The fourth-order valence-corrected chi connectivity index (χ4v) is 3.93. The Bertz CT molecular complexity index is 637. The summed E-state index contributed by atoms with van der Waals surface area (Å²) in [7, 11) is 0. The number of rotatable bonds is 8. The number of nitrogens with one attached hydrogen (secondary N) is 2. The van der Waals surface area contributed by atoms with Gasteiger partial charge < -0.3 is 20.0 Å². The van der Waals surface area contributed by atoms with Crippen LogP contribution in [0.5, 0.6) is 0 Å². The van der Waals surface area contributed by atoms with E-state index in [1.165, 1.54) is 11.4 Å². The molecule has 0 unspecified atom stereocenters. The molecule has 0 aromatic carbocycles. The van der Waals surface area contributed by atoms with Crippen molar-refractivity contribution in [3.63, 3.8) is 0 Å². The summed E-state index contributed by atoms with van der Waals surface area (Å²) in [5.41, 5.74) is 0. The Labute approximate surface area is 183 Å². The van der Waals surface area contributed by atoms with Crippen molar-refractivity contribution in [2.75, 3.05) is 31.1 Å². The van der Waals surface area contributed by atoms with Crippen molar-refractivity contribution in [3.05, 3.63) is 41.7 Å². The first-order valence-electron chi connectivity index (χ1n) is 9.71. The van der Waals surface area contributed by atoms with E-state index in [4.69, 9.17) is 9.41 Å². The average molecular weight is 502 g/mol. The largest absolute Gasteiger partial charge is 0.469 e. The van der Waals surface area contributed by atoms with E-state index in [0.29, 0.717) is 6.04 Å². The van der Waals surface area contributed by atoms with Gasteiger partial charge in [0, 0.05) is 38.6 Å². The number of furan rings is 1. The van der Waals surface area contributed by atoms with Gasteiger partial charge in [-0.1, -0.05) is 13.3 Å². The molecule has 0 aliphatic carbocycles. The molecule has 5 nitrogen and oxygen atoms in total. The minimum absolute atomic E-state index is 0. The van der Waals surface area contributed by atoms with Crippen LogP contribution in [0.4, 0.5) is 5.00 Å². The molecule has 0 bridgehead atoms. The van der Waals surface area contributed by atoms with Gasteiger partial charge in [-0.3, -0.25) is 4.99 Å². The third-order valence-corrected chi connectivity index (χ3v) is 5.61. The molecule has 0 atom stereocenters. The lowest BCUT2D eigenvalue weighted by molar-refractivity contribution is 0.461. The SMILES string of the molecule is CCCCN=C(NCCc1ccco1)NC1CCN(c2cccs2)CC1.I. The summed E-state index contributed by atoms with van der Waals surface area (Å²) >= 11 is 1.83. The number of hydrogen-bond donors (Lipinski definition) is 2. The quantitative estimate of drug-likeness (QED) is 0.242. The van der Waals surface area contributed by atoms with E-state index >= 15 is 0 Å². The Balaban J connectivity index is 0.00000261. The second kappa shape index (κ2) is 12.3. The molecule has 1 saturated heterocycles. The number of anilines is 1. The summed E-state index contributed by atoms with van der Waals surface area (Å²) < 4.78 is 5.41. The van der Waals surface area contributed by atoms with Gasteiger partial charge in [0.15, 0.2) is 5.96 Å². The molecule has 0 saturated carbocycles. The van der Waals surface area contributed by atoms with Crippen molar-refractivity contribution in [2.45, 2.75) is 45.1 Å². The number of guanidine groups is 1. The van der Waals surface area contributed by atoms with Gasteiger partial charge in [-0.05, 0) is 48.9 Å². The molecule has 2 aromatic heterocycles. The molecule has 0 spiro atoms. The van der Waals surface area contributed by atoms with E-state index in [0.717, 1.165) is 63.6 Å². The lowest BCUT2D eigenvalue weighted by atomic mass is 10.1. The second-order valence-electron chi connectivity index (χ2n) is 6.70.